The lowest BCUT2D eigenvalue weighted by molar-refractivity contribution is 0.0949. The van der Waals surface area contributed by atoms with Gasteiger partial charge in [0.05, 0.1) is 14.2 Å². The number of carbonyl (C=O) groups excluding carboxylic acids is 1. The van der Waals surface area contributed by atoms with Crippen molar-refractivity contribution in [2.45, 2.75) is 33.1 Å². The molecule has 28 heavy (non-hydrogen) atoms. The Morgan fingerprint density at radius 1 is 1.14 bits per heavy atom. The van der Waals surface area contributed by atoms with Crippen LogP contribution in [0.1, 0.15) is 41.5 Å². The van der Waals surface area contributed by atoms with E-state index in [9.17, 15) is 4.79 Å². The van der Waals surface area contributed by atoms with E-state index in [0.29, 0.717) is 36.1 Å². The van der Waals surface area contributed by atoms with Crippen molar-refractivity contribution < 1.29 is 14.3 Å². The van der Waals surface area contributed by atoms with Gasteiger partial charge in [-0.3, -0.25) is 4.79 Å². The molecule has 1 heterocycles. The van der Waals surface area contributed by atoms with Crippen LogP contribution in [0.2, 0.25) is 0 Å². The number of aryl methyl sites for hydroxylation is 1. The van der Waals surface area contributed by atoms with E-state index < -0.39 is 0 Å². The highest BCUT2D eigenvalue weighted by molar-refractivity contribution is 5.92. The second-order valence-corrected chi connectivity index (χ2v) is 6.66. The molecule has 7 nitrogen and oxygen atoms in total. The summed E-state index contributed by atoms with van der Waals surface area (Å²) < 4.78 is 10.6. The third-order valence-corrected chi connectivity index (χ3v) is 4.41. The summed E-state index contributed by atoms with van der Waals surface area (Å²) in [5, 5.41) is 2.93. The molecule has 1 aromatic heterocycles. The Labute approximate surface area is 167 Å². The standard InChI is InChI=1S/C21H30N4O3/c1-6-7-12-25(3)21-23-15(2)13-17(24-21)20(26)22-11-10-16-8-9-18(27-4)19(14-16)28-5/h8-9,13-14H,6-7,10-12H2,1-5H3,(H,22,26). The number of ether oxygens (including phenoxy) is 2. The predicted octanol–water partition coefficient (Wildman–Crippen LogP) is 3.01. The van der Waals surface area contributed by atoms with Gasteiger partial charge >= 0.3 is 0 Å². The number of nitrogens with zero attached hydrogens (tertiary/aromatic N) is 3. The van der Waals surface area contributed by atoms with Crippen LogP contribution < -0.4 is 19.7 Å². The normalized spacial score (nSPS) is 10.5. The molecular formula is C21H30N4O3. The Balaban J connectivity index is 1.98. The van der Waals surface area contributed by atoms with E-state index in [1.54, 1.807) is 20.3 Å². The van der Waals surface area contributed by atoms with Gasteiger partial charge in [-0.2, -0.15) is 0 Å². The van der Waals surface area contributed by atoms with Crippen molar-refractivity contribution in [2.24, 2.45) is 0 Å². The van der Waals surface area contributed by atoms with E-state index in [-0.39, 0.29) is 5.91 Å². The summed E-state index contributed by atoms with van der Waals surface area (Å²) in [7, 11) is 5.16. The molecule has 0 spiro atoms. The highest BCUT2D eigenvalue weighted by Crippen LogP contribution is 2.27. The molecule has 1 N–H and O–H groups in total. The average molecular weight is 386 g/mol. The number of amides is 1. The Morgan fingerprint density at radius 3 is 2.57 bits per heavy atom. The van der Waals surface area contributed by atoms with Gasteiger partial charge in [0.2, 0.25) is 5.95 Å². The van der Waals surface area contributed by atoms with Gasteiger partial charge in [0, 0.05) is 25.8 Å². The minimum Gasteiger partial charge on any atom is -0.493 e. The minimum atomic E-state index is -0.198. The number of anilines is 1. The molecule has 0 unspecified atom stereocenters. The van der Waals surface area contributed by atoms with E-state index in [1.807, 2.05) is 37.1 Å². The number of methoxy groups -OCH3 is 2. The molecule has 2 rings (SSSR count). The van der Waals surface area contributed by atoms with Crippen molar-refractivity contribution in [3.8, 4) is 11.5 Å². The molecule has 0 atom stereocenters. The predicted molar refractivity (Wildman–Crippen MR) is 111 cm³/mol. The zero-order valence-electron chi connectivity index (χ0n) is 17.4. The Bertz CT molecular complexity index is 795. The number of aromatic nitrogens is 2. The molecule has 0 aliphatic rings. The quantitative estimate of drug-likeness (QED) is 0.676. The fourth-order valence-corrected chi connectivity index (χ4v) is 2.78. The van der Waals surface area contributed by atoms with Crippen LogP contribution in [0.4, 0.5) is 5.95 Å². The molecule has 0 aliphatic carbocycles. The van der Waals surface area contributed by atoms with E-state index >= 15 is 0 Å². The maximum atomic E-state index is 12.5. The highest BCUT2D eigenvalue weighted by Gasteiger charge is 2.13. The van der Waals surface area contributed by atoms with E-state index in [2.05, 4.69) is 22.2 Å². The molecule has 0 fully saturated rings. The van der Waals surface area contributed by atoms with Crippen LogP contribution in [0.15, 0.2) is 24.3 Å². The summed E-state index contributed by atoms with van der Waals surface area (Å²) in [4.78, 5) is 23.4. The second-order valence-electron chi connectivity index (χ2n) is 6.66. The Kier molecular flexibility index (Phi) is 8.04. The van der Waals surface area contributed by atoms with Crippen LogP contribution in [0, 0.1) is 6.92 Å². The van der Waals surface area contributed by atoms with Crippen LogP contribution in [-0.2, 0) is 6.42 Å². The van der Waals surface area contributed by atoms with Gasteiger partial charge < -0.3 is 19.7 Å². The van der Waals surface area contributed by atoms with Gasteiger partial charge in [-0.1, -0.05) is 19.4 Å². The zero-order valence-corrected chi connectivity index (χ0v) is 17.4. The SMILES string of the molecule is CCCCN(C)c1nc(C)cc(C(=O)NCCc2ccc(OC)c(OC)c2)n1. The number of benzene rings is 1. The molecule has 1 amide bonds. The van der Waals surface area contributed by atoms with E-state index in [4.69, 9.17) is 9.47 Å². The monoisotopic (exact) mass is 386 g/mol. The maximum absolute atomic E-state index is 12.5. The molecule has 7 heteroatoms. The second kappa shape index (κ2) is 10.5. The molecule has 0 bridgehead atoms. The van der Waals surface area contributed by atoms with Gasteiger partial charge in [-0.15, -0.1) is 0 Å². The summed E-state index contributed by atoms with van der Waals surface area (Å²) in [6.07, 6.45) is 2.83. The van der Waals surface area contributed by atoms with Gasteiger partial charge in [0.1, 0.15) is 5.69 Å². The van der Waals surface area contributed by atoms with Gasteiger partial charge in [0.15, 0.2) is 11.5 Å². The average Bonchev–Trinajstić information content (AvgIpc) is 2.71. The third kappa shape index (κ3) is 5.84. The van der Waals surface area contributed by atoms with Crippen LogP contribution in [0.25, 0.3) is 0 Å². The lowest BCUT2D eigenvalue weighted by Gasteiger charge is -2.17. The molecule has 0 radical (unpaired) electrons. The number of carbonyl (C=O) groups is 1. The number of unbranched alkanes of at least 4 members (excludes halogenated alkanes) is 1. The van der Waals surface area contributed by atoms with Gasteiger partial charge in [-0.05, 0) is 43.5 Å². The van der Waals surface area contributed by atoms with Crippen molar-refractivity contribution in [2.75, 3.05) is 39.3 Å². The van der Waals surface area contributed by atoms with Crippen LogP contribution >= 0.6 is 0 Å². The van der Waals surface area contributed by atoms with Crippen molar-refractivity contribution in [1.82, 2.24) is 15.3 Å². The summed E-state index contributed by atoms with van der Waals surface area (Å²) in [6, 6.07) is 7.45. The summed E-state index contributed by atoms with van der Waals surface area (Å²) in [6.45, 7) is 5.38. The first-order chi connectivity index (χ1) is 13.5. The summed E-state index contributed by atoms with van der Waals surface area (Å²) >= 11 is 0. The fraction of sp³-hybridized carbons (Fsp3) is 0.476. The lowest BCUT2D eigenvalue weighted by Crippen LogP contribution is -2.28. The first kappa shape index (κ1) is 21.5. The third-order valence-electron chi connectivity index (χ3n) is 4.41. The number of rotatable bonds is 10. The van der Waals surface area contributed by atoms with Crippen molar-refractivity contribution in [3.63, 3.8) is 0 Å². The van der Waals surface area contributed by atoms with Crippen LogP contribution in [-0.4, -0.2) is 50.2 Å². The summed E-state index contributed by atoms with van der Waals surface area (Å²) in [5.74, 6) is 1.75. The summed E-state index contributed by atoms with van der Waals surface area (Å²) in [5.41, 5.74) is 2.22. The smallest absolute Gasteiger partial charge is 0.270 e. The van der Waals surface area contributed by atoms with E-state index in [0.717, 1.165) is 30.6 Å². The minimum absolute atomic E-state index is 0.198. The van der Waals surface area contributed by atoms with Gasteiger partial charge in [-0.25, -0.2) is 9.97 Å². The molecule has 152 valence electrons. The van der Waals surface area contributed by atoms with Crippen LogP contribution in [0.5, 0.6) is 11.5 Å². The maximum Gasteiger partial charge on any atom is 0.270 e. The molecule has 0 saturated heterocycles. The zero-order chi connectivity index (χ0) is 20.5. The van der Waals surface area contributed by atoms with Crippen molar-refractivity contribution >= 4 is 11.9 Å². The number of hydrogen-bond acceptors (Lipinski definition) is 6. The molecule has 0 aliphatic heterocycles. The van der Waals surface area contributed by atoms with Crippen LogP contribution in [0.3, 0.4) is 0 Å². The first-order valence-electron chi connectivity index (χ1n) is 9.54. The molecule has 2 aromatic rings. The molecular weight excluding hydrogens is 356 g/mol. The molecule has 1 aromatic carbocycles. The van der Waals surface area contributed by atoms with E-state index in [1.165, 1.54) is 0 Å². The largest absolute Gasteiger partial charge is 0.493 e. The Morgan fingerprint density at radius 2 is 1.89 bits per heavy atom. The Hall–Kier alpha value is -2.83. The fourth-order valence-electron chi connectivity index (χ4n) is 2.78. The number of nitrogens with one attached hydrogen (secondary N) is 1. The number of hydrogen-bond donors (Lipinski definition) is 1. The molecule has 0 saturated carbocycles. The van der Waals surface area contributed by atoms with Crippen molar-refractivity contribution in [1.29, 1.82) is 0 Å². The first-order valence-corrected chi connectivity index (χ1v) is 9.54. The topological polar surface area (TPSA) is 76.6 Å². The lowest BCUT2D eigenvalue weighted by atomic mass is 10.1. The highest BCUT2D eigenvalue weighted by atomic mass is 16.5. The van der Waals surface area contributed by atoms with Crippen molar-refractivity contribution in [3.05, 3.63) is 41.2 Å². The van der Waals surface area contributed by atoms with Gasteiger partial charge in [0.25, 0.3) is 5.91 Å².